The van der Waals surface area contributed by atoms with Crippen LogP contribution in [0.2, 0.25) is 0 Å². The van der Waals surface area contributed by atoms with Crippen LogP contribution in [0.25, 0.3) is 0 Å². The van der Waals surface area contributed by atoms with Crippen LogP contribution in [-0.2, 0) is 3.07 Å². The zero-order chi connectivity index (χ0) is 22.0. The van der Waals surface area contributed by atoms with Crippen molar-refractivity contribution in [3.63, 3.8) is 0 Å². The first kappa shape index (κ1) is 30.8. The molecule has 0 aromatic heterocycles. The van der Waals surface area contributed by atoms with Gasteiger partial charge in [-0.1, -0.05) is 104 Å². The summed E-state index contributed by atoms with van der Waals surface area (Å²) in [5.74, 6) is 1.03. The molecule has 0 unspecified atom stereocenters. The second-order valence-electron chi connectivity index (χ2n) is 9.80. The zero-order valence-corrected chi connectivity index (χ0v) is 24.0. The second kappa shape index (κ2) is 27.8. The number of hydrogen-bond acceptors (Lipinski definition) is 1. The van der Waals surface area contributed by atoms with Gasteiger partial charge in [-0.05, 0) is 5.92 Å². The summed E-state index contributed by atoms with van der Waals surface area (Å²) in [5.41, 5.74) is 0. The Morgan fingerprint density at radius 1 is 0.433 bits per heavy atom. The Balaban J connectivity index is 3.73. The van der Waals surface area contributed by atoms with Crippen LogP contribution in [0, 0.1) is 5.92 Å². The second-order valence-corrected chi connectivity index (χ2v) is 10.6. The standard InChI is InChI=1S/C28H57O.Sn/c1-3-5-7-9-16-20-24-28(25-21-17-10-8-6-4-2)26-22-18-14-12-11-13-15-19-23-27-29;/h28H,3-27H2,1-2H3;/q-1;+4. The minimum absolute atomic E-state index is 0.983. The molecule has 0 radical (unpaired) electrons. The molecule has 0 N–H and O–H groups in total. The molecule has 0 aliphatic carbocycles. The molecule has 2 heteroatoms. The van der Waals surface area contributed by atoms with E-state index in [4.69, 9.17) is 3.07 Å². The molecule has 176 valence electrons. The Kier molecular flexibility index (Phi) is 28.5. The van der Waals surface area contributed by atoms with Gasteiger partial charge in [0, 0.05) is 0 Å². The van der Waals surface area contributed by atoms with Gasteiger partial charge in [0.2, 0.25) is 0 Å². The van der Waals surface area contributed by atoms with Crippen molar-refractivity contribution in [3.8, 4) is 0 Å². The normalized spacial score (nSPS) is 11.6. The molecule has 0 aromatic rings. The van der Waals surface area contributed by atoms with E-state index in [9.17, 15) is 0 Å². The topological polar surface area (TPSA) is 9.23 Å². The molecule has 0 atom stereocenters. The fourth-order valence-electron chi connectivity index (χ4n) is 4.70. The van der Waals surface area contributed by atoms with Crippen LogP contribution >= 0.6 is 0 Å². The van der Waals surface area contributed by atoms with Gasteiger partial charge in [-0.2, -0.15) is 0 Å². The third-order valence-electron chi connectivity index (χ3n) is 6.79. The quantitative estimate of drug-likeness (QED) is 0.0802. The third-order valence-corrected chi connectivity index (χ3v) is 7.37. The van der Waals surface area contributed by atoms with Gasteiger partial charge in [-0.15, -0.1) is 0 Å². The van der Waals surface area contributed by atoms with Gasteiger partial charge in [0.25, 0.3) is 0 Å². The first-order valence-electron chi connectivity index (χ1n) is 14.1. The molecule has 1 nitrogen and oxygen atoms in total. The predicted octanol–water partition coefficient (Wildman–Crippen LogP) is 10.1. The van der Waals surface area contributed by atoms with Gasteiger partial charge >= 0.3 is 96.8 Å². The molecule has 0 bridgehead atoms. The Bertz CT molecular complexity index is 278. The van der Waals surface area contributed by atoms with Crippen LogP contribution in [0.4, 0.5) is 0 Å². The fraction of sp³-hybridized carbons (Fsp3) is 1.00. The minimum atomic E-state index is 0.983. The van der Waals surface area contributed by atoms with E-state index >= 15 is 0 Å². The summed E-state index contributed by atoms with van der Waals surface area (Å²) >= 11 is 1.23. The van der Waals surface area contributed by atoms with Gasteiger partial charge in [0.15, 0.2) is 0 Å². The molecule has 0 heterocycles. The van der Waals surface area contributed by atoms with Crippen molar-refractivity contribution in [1.29, 1.82) is 0 Å². The Morgan fingerprint density at radius 3 is 1.07 bits per heavy atom. The zero-order valence-electron chi connectivity index (χ0n) is 21.2. The van der Waals surface area contributed by atoms with Crippen molar-refractivity contribution in [3.05, 3.63) is 0 Å². The Hall–Kier alpha value is 0.759. The third kappa shape index (κ3) is 25.0. The van der Waals surface area contributed by atoms with Crippen LogP contribution in [0.1, 0.15) is 168 Å². The maximum atomic E-state index is 5.22. The summed E-state index contributed by atoms with van der Waals surface area (Å²) in [6, 6.07) is 0. The van der Waals surface area contributed by atoms with Crippen LogP contribution in [0.5, 0.6) is 0 Å². The molecule has 0 aliphatic heterocycles. The molecule has 0 spiro atoms. The Labute approximate surface area is 205 Å². The van der Waals surface area contributed by atoms with Crippen molar-refractivity contribution < 1.29 is 3.07 Å². The number of unbranched alkanes of at least 4 members (excludes halogenated alkanes) is 18. The molecule has 0 aromatic carbocycles. The molecule has 0 rings (SSSR count). The molecule has 30 heavy (non-hydrogen) atoms. The van der Waals surface area contributed by atoms with Crippen LogP contribution in [0.3, 0.4) is 0 Å². The summed E-state index contributed by atoms with van der Waals surface area (Å²) in [6.45, 7) is 5.62. The summed E-state index contributed by atoms with van der Waals surface area (Å²) in [5, 5.41) is 0. The molecule has 0 saturated heterocycles. The van der Waals surface area contributed by atoms with Crippen LogP contribution in [-0.4, -0.2) is 29.5 Å². The van der Waals surface area contributed by atoms with Crippen LogP contribution in [0.15, 0.2) is 0 Å². The molecule has 0 saturated carbocycles. The van der Waals surface area contributed by atoms with Crippen molar-refractivity contribution in [1.82, 2.24) is 0 Å². The van der Waals surface area contributed by atoms with E-state index < -0.39 is 0 Å². The molecule has 0 fully saturated rings. The molecule has 0 aliphatic rings. The first-order valence-corrected chi connectivity index (χ1v) is 15.3. The van der Waals surface area contributed by atoms with Gasteiger partial charge in [0.1, 0.15) is 0 Å². The van der Waals surface area contributed by atoms with Crippen molar-refractivity contribution in [2.24, 2.45) is 5.92 Å². The maximum absolute atomic E-state index is 5.22. The van der Waals surface area contributed by atoms with Gasteiger partial charge < -0.3 is 0 Å². The number of rotatable bonds is 26. The molecular weight excluding hydrogens is 471 g/mol. The number of hydrogen-bond donors (Lipinski definition) is 0. The summed E-state index contributed by atoms with van der Waals surface area (Å²) in [6.07, 6.45) is 34.9. The van der Waals surface area contributed by atoms with E-state index in [0.29, 0.717) is 0 Å². The van der Waals surface area contributed by atoms with E-state index in [2.05, 4.69) is 13.8 Å². The van der Waals surface area contributed by atoms with Crippen LogP contribution < -0.4 is 0 Å². The van der Waals surface area contributed by atoms with Crippen molar-refractivity contribution >= 4 is 22.9 Å². The summed E-state index contributed by atoms with van der Waals surface area (Å²) in [7, 11) is 0. The average Bonchev–Trinajstić information content (AvgIpc) is 2.76. The van der Waals surface area contributed by atoms with Crippen molar-refractivity contribution in [2.75, 3.05) is 6.61 Å². The summed E-state index contributed by atoms with van der Waals surface area (Å²) < 4.78 is 5.22. The first-order chi connectivity index (χ1) is 14.8. The monoisotopic (exact) mass is 529 g/mol. The summed E-state index contributed by atoms with van der Waals surface area (Å²) in [4.78, 5) is 0. The van der Waals surface area contributed by atoms with E-state index in [-0.39, 0.29) is 0 Å². The molecular formula is C28H57OSn+3. The predicted molar refractivity (Wildman–Crippen MR) is 137 cm³/mol. The van der Waals surface area contributed by atoms with E-state index in [1.165, 1.54) is 177 Å². The van der Waals surface area contributed by atoms with Gasteiger partial charge in [0.05, 0.1) is 0 Å². The van der Waals surface area contributed by atoms with E-state index in [0.717, 1.165) is 12.5 Å². The Morgan fingerprint density at radius 2 is 0.733 bits per heavy atom. The van der Waals surface area contributed by atoms with Gasteiger partial charge in [-0.25, -0.2) is 0 Å². The van der Waals surface area contributed by atoms with E-state index in [1.807, 2.05) is 0 Å². The van der Waals surface area contributed by atoms with E-state index in [1.54, 1.807) is 0 Å². The van der Waals surface area contributed by atoms with Crippen molar-refractivity contribution in [2.45, 2.75) is 168 Å². The van der Waals surface area contributed by atoms with Gasteiger partial charge in [-0.3, -0.25) is 0 Å². The average molecular weight is 528 g/mol. The molecule has 0 amide bonds. The SMILES string of the molecule is CCCCCCCCC(CCCCCCCC)CCCCCCCCCCC[O][Sn+3]. The fourth-order valence-corrected chi connectivity index (χ4v) is 5.12.